The smallest absolute Gasteiger partial charge is 0.108 e. The van der Waals surface area contributed by atoms with E-state index in [9.17, 15) is 0 Å². The van der Waals surface area contributed by atoms with E-state index in [0.29, 0.717) is 13.2 Å². The van der Waals surface area contributed by atoms with E-state index in [-0.39, 0.29) is 6.10 Å². The Bertz CT molecular complexity index is 481. The van der Waals surface area contributed by atoms with Gasteiger partial charge in [0.05, 0.1) is 6.61 Å². The first-order valence-electron chi connectivity index (χ1n) is 6.25. The zero-order valence-corrected chi connectivity index (χ0v) is 10.7. The van der Waals surface area contributed by atoms with Crippen LogP contribution in [0, 0.1) is 6.92 Å². The van der Waals surface area contributed by atoms with Gasteiger partial charge in [0.15, 0.2) is 0 Å². The summed E-state index contributed by atoms with van der Waals surface area (Å²) in [6.07, 6.45) is -0.0315. The zero-order chi connectivity index (χ0) is 12.8. The van der Waals surface area contributed by atoms with Crippen LogP contribution in [-0.2, 0) is 4.74 Å². The number of ether oxygens (including phenoxy) is 1. The average molecular weight is 241 g/mol. The lowest BCUT2D eigenvalue weighted by Crippen LogP contribution is -2.14. The van der Waals surface area contributed by atoms with Crippen LogP contribution in [0.4, 0.5) is 0 Å². The van der Waals surface area contributed by atoms with Crippen LogP contribution < -0.4 is 5.73 Å². The van der Waals surface area contributed by atoms with Crippen LogP contribution in [0.15, 0.2) is 54.6 Å². The topological polar surface area (TPSA) is 35.2 Å². The Morgan fingerprint density at radius 2 is 1.67 bits per heavy atom. The molecule has 0 radical (unpaired) electrons. The summed E-state index contributed by atoms with van der Waals surface area (Å²) in [5.41, 5.74) is 9.16. The molecular weight excluding hydrogens is 222 g/mol. The maximum atomic E-state index is 5.92. The first kappa shape index (κ1) is 12.8. The Kier molecular flexibility index (Phi) is 4.51. The molecule has 0 spiro atoms. The van der Waals surface area contributed by atoms with Gasteiger partial charge in [-0.2, -0.15) is 0 Å². The van der Waals surface area contributed by atoms with Crippen molar-refractivity contribution in [2.75, 3.05) is 13.2 Å². The van der Waals surface area contributed by atoms with Crippen LogP contribution in [0.1, 0.15) is 22.8 Å². The SMILES string of the molecule is Cc1ccccc1[C@H](OCCN)c1ccccc1. The molecule has 0 saturated carbocycles. The molecule has 18 heavy (non-hydrogen) atoms. The minimum atomic E-state index is -0.0315. The van der Waals surface area contributed by atoms with Crippen molar-refractivity contribution in [2.45, 2.75) is 13.0 Å². The second-order valence-corrected chi connectivity index (χ2v) is 4.31. The largest absolute Gasteiger partial charge is 0.367 e. The standard InChI is InChI=1S/C16H19NO/c1-13-7-5-6-10-15(13)16(18-12-11-17)14-8-3-2-4-9-14/h2-10,16H,11-12,17H2,1H3/t16-/m1/s1. The lowest BCUT2D eigenvalue weighted by atomic mass is 9.97. The lowest BCUT2D eigenvalue weighted by Gasteiger charge is -2.20. The van der Waals surface area contributed by atoms with Crippen molar-refractivity contribution in [3.05, 3.63) is 71.3 Å². The normalized spacial score (nSPS) is 12.3. The summed E-state index contributed by atoms with van der Waals surface area (Å²) in [5, 5.41) is 0. The quantitative estimate of drug-likeness (QED) is 0.873. The monoisotopic (exact) mass is 241 g/mol. The third kappa shape index (κ3) is 2.97. The number of hydrogen-bond donors (Lipinski definition) is 1. The van der Waals surface area contributed by atoms with Crippen molar-refractivity contribution in [3.8, 4) is 0 Å². The van der Waals surface area contributed by atoms with Gasteiger partial charge in [0, 0.05) is 6.54 Å². The van der Waals surface area contributed by atoms with Crippen LogP contribution in [0.5, 0.6) is 0 Å². The van der Waals surface area contributed by atoms with Gasteiger partial charge in [-0.1, -0.05) is 54.6 Å². The van der Waals surface area contributed by atoms with Gasteiger partial charge in [-0.15, -0.1) is 0 Å². The Labute approximate surface area is 108 Å². The molecule has 0 aliphatic heterocycles. The van der Waals surface area contributed by atoms with Gasteiger partial charge in [0.2, 0.25) is 0 Å². The molecule has 0 heterocycles. The Hall–Kier alpha value is -1.64. The van der Waals surface area contributed by atoms with Crippen LogP contribution in [0.25, 0.3) is 0 Å². The van der Waals surface area contributed by atoms with Crippen molar-refractivity contribution in [1.29, 1.82) is 0 Å². The van der Waals surface area contributed by atoms with Crippen molar-refractivity contribution >= 4 is 0 Å². The fourth-order valence-electron chi connectivity index (χ4n) is 2.06. The minimum absolute atomic E-state index is 0.0315. The van der Waals surface area contributed by atoms with Gasteiger partial charge in [-0.25, -0.2) is 0 Å². The summed E-state index contributed by atoms with van der Waals surface area (Å²) in [4.78, 5) is 0. The second kappa shape index (κ2) is 6.34. The third-order valence-corrected chi connectivity index (χ3v) is 2.98. The van der Waals surface area contributed by atoms with E-state index >= 15 is 0 Å². The van der Waals surface area contributed by atoms with Crippen molar-refractivity contribution in [3.63, 3.8) is 0 Å². The number of aryl methyl sites for hydroxylation is 1. The minimum Gasteiger partial charge on any atom is -0.367 e. The number of hydrogen-bond acceptors (Lipinski definition) is 2. The van der Waals surface area contributed by atoms with Gasteiger partial charge in [0.25, 0.3) is 0 Å². The third-order valence-electron chi connectivity index (χ3n) is 2.98. The predicted molar refractivity (Wildman–Crippen MR) is 74.5 cm³/mol. The molecular formula is C16H19NO. The summed E-state index contributed by atoms with van der Waals surface area (Å²) >= 11 is 0. The highest BCUT2D eigenvalue weighted by atomic mass is 16.5. The highest BCUT2D eigenvalue weighted by Crippen LogP contribution is 2.27. The number of benzene rings is 2. The van der Waals surface area contributed by atoms with Crippen LogP contribution in [0.2, 0.25) is 0 Å². The van der Waals surface area contributed by atoms with Crippen LogP contribution >= 0.6 is 0 Å². The highest BCUT2D eigenvalue weighted by molar-refractivity contribution is 5.35. The van der Waals surface area contributed by atoms with Gasteiger partial charge in [0.1, 0.15) is 6.10 Å². The van der Waals surface area contributed by atoms with E-state index in [4.69, 9.17) is 10.5 Å². The van der Waals surface area contributed by atoms with Crippen molar-refractivity contribution in [1.82, 2.24) is 0 Å². The van der Waals surface area contributed by atoms with E-state index in [1.54, 1.807) is 0 Å². The molecule has 2 rings (SSSR count). The molecule has 2 aromatic carbocycles. The molecule has 2 heteroatoms. The van der Waals surface area contributed by atoms with Crippen LogP contribution in [0.3, 0.4) is 0 Å². The fourth-order valence-corrected chi connectivity index (χ4v) is 2.06. The molecule has 0 amide bonds. The molecule has 0 aliphatic carbocycles. The van der Waals surface area contributed by atoms with Gasteiger partial charge in [-0.3, -0.25) is 0 Å². The zero-order valence-electron chi connectivity index (χ0n) is 10.7. The molecule has 0 saturated heterocycles. The van der Waals surface area contributed by atoms with E-state index in [1.165, 1.54) is 16.7 Å². The van der Waals surface area contributed by atoms with E-state index in [0.717, 1.165) is 0 Å². The molecule has 0 unspecified atom stereocenters. The maximum absolute atomic E-state index is 5.92. The summed E-state index contributed by atoms with van der Waals surface area (Å²) in [6, 6.07) is 18.6. The molecule has 2 nitrogen and oxygen atoms in total. The van der Waals surface area contributed by atoms with Gasteiger partial charge in [-0.05, 0) is 23.6 Å². The molecule has 1 atom stereocenters. The number of rotatable bonds is 5. The van der Waals surface area contributed by atoms with Gasteiger partial charge < -0.3 is 10.5 Å². The molecule has 2 aromatic rings. The first-order chi connectivity index (χ1) is 8.83. The predicted octanol–water partition coefficient (Wildman–Crippen LogP) is 3.06. The summed E-state index contributed by atoms with van der Waals surface area (Å²) in [5.74, 6) is 0. The Balaban J connectivity index is 2.34. The van der Waals surface area contributed by atoms with Crippen LogP contribution in [-0.4, -0.2) is 13.2 Å². The summed E-state index contributed by atoms with van der Waals surface area (Å²) in [6.45, 7) is 3.21. The fraction of sp³-hybridized carbons (Fsp3) is 0.250. The van der Waals surface area contributed by atoms with Crippen molar-refractivity contribution < 1.29 is 4.74 Å². The first-order valence-corrected chi connectivity index (χ1v) is 6.25. The molecule has 0 bridgehead atoms. The number of nitrogens with two attached hydrogens (primary N) is 1. The highest BCUT2D eigenvalue weighted by Gasteiger charge is 2.15. The summed E-state index contributed by atoms with van der Waals surface area (Å²) in [7, 11) is 0. The lowest BCUT2D eigenvalue weighted by molar-refractivity contribution is 0.0860. The average Bonchev–Trinajstić information content (AvgIpc) is 2.42. The molecule has 0 aliphatic rings. The summed E-state index contributed by atoms with van der Waals surface area (Å²) < 4.78 is 5.92. The maximum Gasteiger partial charge on any atom is 0.108 e. The van der Waals surface area contributed by atoms with E-state index in [1.807, 2.05) is 30.3 Å². The van der Waals surface area contributed by atoms with E-state index < -0.39 is 0 Å². The Morgan fingerprint density at radius 1 is 1.00 bits per heavy atom. The molecule has 94 valence electrons. The molecule has 0 fully saturated rings. The molecule has 2 N–H and O–H groups in total. The van der Waals surface area contributed by atoms with Crippen molar-refractivity contribution in [2.24, 2.45) is 5.73 Å². The van der Waals surface area contributed by atoms with Gasteiger partial charge >= 0.3 is 0 Å². The Morgan fingerprint density at radius 3 is 2.33 bits per heavy atom. The molecule has 0 aromatic heterocycles. The second-order valence-electron chi connectivity index (χ2n) is 4.31. The van der Waals surface area contributed by atoms with E-state index in [2.05, 4.69) is 31.2 Å².